The monoisotopic (exact) mass is 592 g/mol. The molecule has 1 aromatic rings. The fourth-order valence-corrected chi connectivity index (χ4v) is 4.42. The van der Waals surface area contributed by atoms with Gasteiger partial charge >= 0.3 is 0 Å². The summed E-state index contributed by atoms with van der Waals surface area (Å²) < 4.78 is 27.2. The maximum absolute atomic E-state index is 13.3. The first-order valence-corrected chi connectivity index (χ1v) is 14.1. The highest BCUT2D eigenvalue weighted by molar-refractivity contribution is 6.14. The van der Waals surface area contributed by atoms with Gasteiger partial charge in [0.25, 0.3) is 11.8 Å². The summed E-state index contributed by atoms with van der Waals surface area (Å²) in [5.41, 5.74) is 0.878. The summed E-state index contributed by atoms with van der Waals surface area (Å²) in [6.45, 7) is 6.33. The van der Waals surface area contributed by atoms with Crippen molar-refractivity contribution in [3.05, 3.63) is 35.4 Å². The average Bonchev–Trinajstić information content (AvgIpc) is 2.96. The molecule has 0 aliphatic carbocycles. The third-order valence-corrected chi connectivity index (χ3v) is 6.43. The number of rotatable bonds is 20. The second kappa shape index (κ2) is 18.3. The van der Waals surface area contributed by atoms with Gasteiger partial charge in [0.2, 0.25) is 17.7 Å². The second-order valence-corrected chi connectivity index (χ2v) is 9.50. The van der Waals surface area contributed by atoms with Crippen LogP contribution in [0.3, 0.4) is 0 Å². The van der Waals surface area contributed by atoms with Crippen molar-refractivity contribution >= 4 is 29.5 Å². The summed E-state index contributed by atoms with van der Waals surface area (Å²) in [5.74, 6) is -2.23. The van der Waals surface area contributed by atoms with Crippen LogP contribution >= 0.6 is 0 Å². The molecule has 1 fully saturated rings. The van der Waals surface area contributed by atoms with Crippen molar-refractivity contribution in [2.24, 2.45) is 0 Å². The largest absolute Gasteiger partial charge is 0.378 e. The van der Waals surface area contributed by atoms with E-state index >= 15 is 0 Å². The van der Waals surface area contributed by atoms with Crippen molar-refractivity contribution in [1.82, 2.24) is 20.9 Å². The Labute approximate surface area is 244 Å². The molecule has 14 heteroatoms. The zero-order valence-corrected chi connectivity index (χ0v) is 23.9. The fourth-order valence-electron chi connectivity index (χ4n) is 4.42. The minimum Gasteiger partial charge on any atom is -0.378 e. The van der Waals surface area contributed by atoms with E-state index in [1.54, 1.807) is 24.3 Å². The lowest BCUT2D eigenvalue weighted by Gasteiger charge is -2.38. The number of amides is 5. The number of imide groups is 2. The molecule has 2 aliphatic rings. The predicted molar refractivity (Wildman–Crippen MR) is 147 cm³/mol. The van der Waals surface area contributed by atoms with Crippen molar-refractivity contribution in [1.29, 1.82) is 0 Å². The highest BCUT2D eigenvalue weighted by Gasteiger charge is 2.45. The summed E-state index contributed by atoms with van der Waals surface area (Å²) >= 11 is 0. The van der Waals surface area contributed by atoms with Gasteiger partial charge in [-0.25, -0.2) is 0 Å². The molecule has 2 aliphatic heterocycles. The van der Waals surface area contributed by atoms with Crippen LogP contribution in [0.5, 0.6) is 0 Å². The number of ether oxygens (including phenoxy) is 5. The van der Waals surface area contributed by atoms with E-state index in [-0.39, 0.29) is 18.7 Å². The number of hydrogen-bond donors (Lipinski definition) is 3. The summed E-state index contributed by atoms with van der Waals surface area (Å²) in [6, 6.07) is 4.92. The number of carbonyl (C=O) groups excluding carboxylic acids is 5. The van der Waals surface area contributed by atoms with Crippen molar-refractivity contribution in [3.63, 3.8) is 0 Å². The van der Waals surface area contributed by atoms with Gasteiger partial charge in [-0.05, 0) is 18.1 Å². The standard InChI is InChI=1S/C28H40N4O10/c1-20(33)29-8-10-38-12-14-40-16-18-42-19-17-41-15-13-39-11-9-30-25-21-4-2-3-5-22(21)27(36)32(28(25)37)23-6-7-24(34)31-26(23)35/h2-5,23,25,30H,6-19H2,1H3,(H,29,33)(H,31,34,35). The maximum Gasteiger partial charge on any atom is 0.261 e. The van der Waals surface area contributed by atoms with E-state index in [1.807, 2.05) is 0 Å². The summed E-state index contributed by atoms with van der Waals surface area (Å²) in [7, 11) is 0. The van der Waals surface area contributed by atoms with E-state index in [4.69, 9.17) is 23.7 Å². The fraction of sp³-hybridized carbons (Fsp3) is 0.607. The van der Waals surface area contributed by atoms with Crippen molar-refractivity contribution in [3.8, 4) is 0 Å². The Morgan fingerprint density at radius 3 is 1.95 bits per heavy atom. The zero-order valence-electron chi connectivity index (χ0n) is 23.9. The molecule has 0 radical (unpaired) electrons. The molecule has 232 valence electrons. The van der Waals surface area contributed by atoms with Crippen LogP contribution < -0.4 is 16.0 Å². The molecule has 2 heterocycles. The van der Waals surface area contributed by atoms with E-state index in [2.05, 4.69) is 16.0 Å². The Morgan fingerprint density at radius 2 is 1.38 bits per heavy atom. The van der Waals surface area contributed by atoms with Crippen LogP contribution in [0.2, 0.25) is 0 Å². The van der Waals surface area contributed by atoms with Crippen LogP contribution in [-0.2, 0) is 42.9 Å². The smallest absolute Gasteiger partial charge is 0.261 e. The molecule has 0 saturated carbocycles. The van der Waals surface area contributed by atoms with Crippen molar-refractivity contribution in [2.45, 2.75) is 31.8 Å². The number of hydrogen-bond acceptors (Lipinski definition) is 11. The van der Waals surface area contributed by atoms with Gasteiger partial charge in [-0.1, -0.05) is 18.2 Å². The molecular formula is C28H40N4O10. The Kier molecular flexibility index (Phi) is 14.5. The molecule has 0 spiro atoms. The maximum atomic E-state index is 13.3. The molecule has 2 unspecified atom stereocenters. The van der Waals surface area contributed by atoms with E-state index in [0.29, 0.717) is 90.3 Å². The minimum atomic E-state index is -1.03. The lowest BCUT2D eigenvalue weighted by molar-refractivity contribution is -0.144. The van der Waals surface area contributed by atoms with Crippen LogP contribution in [0.25, 0.3) is 0 Å². The van der Waals surface area contributed by atoms with Gasteiger partial charge in [0.1, 0.15) is 12.1 Å². The first-order valence-electron chi connectivity index (χ1n) is 14.1. The molecule has 5 amide bonds. The lowest BCUT2D eigenvalue weighted by Crippen LogP contribution is -2.60. The molecule has 14 nitrogen and oxygen atoms in total. The Bertz CT molecular complexity index is 1070. The molecule has 0 aromatic heterocycles. The molecular weight excluding hydrogens is 552 g/mol. The number of nitrogens with one attached hydrogen (secondary N) is 3. The Morgan fingerprint density at radius 1 is 0.833 bits per heavy atom. The van der Waals surface area contributed by atoms with Gasteiger partial charge < -0.3 is 29.0 Å². The molecule has 3 N–H and O–H groups in total. The predicted octanol–water partition coefficient (Wildman–Crippen LogP) is -0.676. The zero-order chi connectivity index (χ0) is 30.2. The topological polar surface area (TPSA) is 171 Å². The normalized spacial score (nSPS) is 18.6. The first kappa shape index (κ1) is 33.2. The van der Waals surface area contributed by atoms with Crippen LogP contribution in [-0.4, -0.2) is 120 Å². The highest BCUT2D eigenvalue weighted by atomic mass is 16.6. The van der Waals surface area contributed by atoms with Gasteiger partial charge in [0.15, 0.2) is 0 Å². The van der Waals surface area contributed by atoms with E-state index < -0.39 is 35.7 Å². The number of nitrogens with zero attached hydrogens (tertiary/aromatic N) is 1. The quantitative estimate of drug-likeness (QED) is 0.130. The average molecular weight is 593 g/mol. The Balaban J connectivity index is 1.24. The van der Waals surface area contributed by atoms with Crippen molar-refractivity contribution in [2.75, 3.05) is 79.2 Å². The SMILES string of the molecule is CC(=O)NCCOCCOCCOCCOCCOCCNC1C(=O)N(C2CCC(=O)NC2=O)C(=O)c2ccccc21. The van der Waals surface area contributed by atoms with Gasteiger partial charge in [0, 0.05) is 32.0 Å². The summed E-state index contributed by atoms with van der Waals surface area (Å²) in [5, 5.41) is 7.99. The number of fused-ring (bicyclic) bond motifs is 1. The van der Waals surface area contributed by atoms with E-state index in [0.717, 1.165) is 4.90 Å². The molecule has 0 bridgehead atoms. The van der Waals surface area contributed by atoms with E-state index in [9.17, 15) is 24.0 Å². The summed E-state index contributed by atoms with van der Waals surface area (Å²) in [6.07, 6.45) is 0.154. The van der Waals surface area contributed by atoms with Crippen LogP contribution in [0.1, 0.15) is 41.7 Å². The number of benzene rings is 1. The lowest BCUT2D eigenvalue weighted by atomic mass is 9.91. The second-order valence-electron chi connectivity index (χ2n) is 9.50. The highest BCUT2D eigenvalue weighted by Crippen LogP contribution is 2.30. The van der Waals surface area contributed by atoms with Crippen LogP contribution in [0, 0.1) is 0 Å². The van der Waals surface area contributed by atoms with Gasteiger partial charge in [-0.2, -0.15) is 0 Å². The third-order valence-electron chi connectivity index (χ3n) is 6.43. The third kappa shape index (κ3) is 10.5. The molecule has 3 rings (SSSR count). The summed E-state index contributed by atoms with van der Waals surface area (Å²) in [4.78, 5) is 62.1. The van der Waals surface area contributed by atoms with Crippen molar-refractivity contribution < 1.29 is 47.7 Å². The van der Waals surface area contributed by atoms with Crippen LogP contribution in [0.4, 0.5) is 0 Å². The molecule has 1 aromatic carbocycles. The number of piperidine rings is 1. The minimum absolute atomic E-state index is 0.0589. The van der Waals surface area contributed by atoms with Gasteiger partial charge in [-0.3, -0.25) is 39.5 Å². The Hall–Kier alpha value is -3.27. The molecule has 1 saturated heterocycles. The molecule has 42 heavy (non-hydrogen) atoms. The molecule has 2 atom stereocenters. The van der Waals surface area contributed by atoms with Gasteiger partial charge in [0.05, 0.1) is 66.1 Å². The van der Waals surface area contributed by atoms with Crippen LogP contribution in [0.15, 0.2) is 24.3 Å². The van der Waals surface area contributed by atoms with Gasteiger partial charge in [-0.15, -0.1) is 0 Å². The van der Waals surface area contributed by atoms with E-state index in [1.165, 1.54) is 6.92 Å². The first-order chi connectivity index (χ1) is 20.4. The number of carbonyl (C=O) groups is 5.